The van der Waals surface area contributed by atoms with Crippen molar-refractivity contribution in [2.45, 2.75) is 44.8 Å². The summed E-state index contributed by atoms with van der Waals surface area (Å²) >= 11 is 0. The summed E-state index contributed by atoms with van der Waals surface area (Å²) in [5.74, 6) is 0.225. The van der Waals surface area contributed by atoms with Crippen molar-refractivity contribution in [3.8, 4) is 11.3 Å². The van der Waals surface area contributed by atoms with Gasteiger partial charge >= 0.3 is 0 Å². The molecule has 0 unspecified atom stereocenters. The molecule has 7 heteroatoms. The average molecular weight is 464 g/mol. The molecule has 0 spiro atoms. The Bertz CT molecular complexity index is 1090. The third-order valence-corrected chi connectivity index (χ3v) is 6.63. The normalized spacial score (nSPS) is 18.3. The van der Waals surface area contributed by atoms with E-state index in [1.807, 2.05) is 30.3 Å². The standard InChI is InChI=1S/C27H30FN3O3/c28-22-13-11-21(12-14-22)26(32)31(18-23-10-7-17-33-23)19-24-25(20-8-3-1-4-9-20)29-34-27(24)30-15-5-2-6-16-30/h1,3-4,8-9,11-14,23H,2,5-7,10,15-19H2/t23-/m0/s1. The van der Waals surface area contributed by atoms with E-state index in [9.17, 15) is 9.18 Å². The summed E-state index contributed by atoms with van der Waals surface area (Å²) in [7, 11) is 0. The molecular weight excluding hydrogens is 433 g/mol. The number of rotatable bonds is 7. The number of halogens is 1. The lowest BCUT2D eigenvalue weighted by molar-refractivity contribution is 0.0507. The first-order chi connectivity index (χ1) is 16.7. The number of benzene rings is 2. The van der Waals surface area contributed by atoms with Crippen molar-refractivity contribution in [1.82, 2.24) is 10.1 Å². The van der Waals surface area contributed by atoms with E-state index in [4.69, 9.17) is 9.26 Å². The minimum atomic E-state index is -0.361. The lowest BCUT2D eigenvalue weighted by Gasteiger charge is -2.29. The third kappa shape index (κ3) is 4.99. The number of ether oxygens (including phenoxy) is 1. The molecule has 0 aliphatic carbocycles. The lowest BCUT2D eigenvalue weighted by atomic mass is 10.0. The maximum atomic E-state index is 13.6. The van der Waals surface area contributed by atoms with E-state index in [0.29, 0.717) is 25.3 Å². The van der Waals surface area contributed by atoms with Gasteiger partial charge in [-0.3, -0.25) is 4.79 Å². The number of anilines is 1. The monoisotopic (exact) mass is 463 g/mol. The average Bonchev–Trinajstić information content (AvgIpc) is 3.55. The molecule has 1 atom stereocenters. The fourth-order valence-corrected chi connectivity index (χ4v) is 4.83. The zero-order chi connectivity index (χ0) is 23.3. The molecule has 34 heavy (non-hydrogen) atoms. The van der Waals surface area contributed by atoms with Crippen LogP contribution in [0.15, 0.2) is 59.1 Å². The van der Waals surface area contributed by atoms with Crippen LogP contribution in [0.3, 0.4) is 0 Å². The largest absolute Gasteiger partial charge is 0.376 e. The van der Waals surface area contributed by atoms with Crippen LogP contribution in [0, 0.1) is 5.82 Å². The summed E-state index contributed by atoms with van der Waals surface area (Å²) in [6.07, 6.45) is 5.32. The summed E-state index contributed by atoms with van der Waals surface area (Å²) < 4.78 is 25.3. The second-order valence-electron chi connectivity index (χ2n) is 9.06. The first-order valence-electron chi connectivity index (χ1n) is 12.1. The van der Waals surface area contributed by atoms with E-state index in [1.54, 1.807) is 4.90 Å². The van der Waals surface area contributed by atoms with Crippen LogP contribution in [0.25, 0.3) is 11.3 Å². The third-order valence-electron chi connectivity index (χ3n) is 6.63. The van der Waals surface area contributed by atoms with Gasteiger partial charge < -0.3 is 19.1 Å². The Labute approximate surface area is 199 Å². The number of carbonyl (C=O) groups is 1. The van der Waals surface area contributed by atoms with Crippen molar-refractivity contribution in [2.75, 3.05) is 31.1 Å². The molecule has 5 rings (SSSR count). The van der Waals surface area contributed by atoms with Gasteiger partial charge in [-0.2, -0.15) is 0 Å². The molecular formula is C27H30FN3O3. The van der Waals surface area contributed by atoms with Gasteiger partial charge in [-0.15, -0.1) is 0 Å². The van der Waals surface area contributed by atoms with Crippen LogP contribution in [0.2, 0.25) is 0 Å². The van der Waals surface area contributed by atoms with Gasteiger partial charge in [0.2, 0.25) is 5.88 Å². The molecule has 0 radical (unpaired) electrons. The molecule has 0 saturated carbocycles. The number of piperidine rings is 1. The number of carbonyl (C=O) groups excluding carboxylic acids is 1. The van der Waals surface area contributed by atoms with Crippen LogP contribution in [-0.4, -0.2) is 48.3 Å². The van der Waals surface area contributed by atoms with Crippen molar-refractivity contribution < 1.29 is 18.4 Å². The van der Waals surface area contributed by atoms with Gasteiger partial charge in [-0.1, -0.05) is 35.5 Å². The first-order valence-corrected chi connectivity index (χ1v) is 12.1. The van der Waals surface area contributed by atoms with Gasteiger partial charge in [0.05, 0.1) is 18.2 Å². The predicted octanol–water partition coefficient (Wildman–Crippen LogP) is 5.29. The summed E-state index contributed by atoms with van der Waals surface area (Å²) in [5.41, 5.74) is 3.07. The van der Waals surface area contributed by atoms with Crippen LogP contribution < -0.4 is 4.90 Å². The fraction of sp³-hybridized carbons (Fsp3) is 0.407. The lowest BCUT2D eigenvalue weighted by Crippen LogP contribution is -2.38. The number of hydrogen-bond acceptors (Lipinski definition) is 5. The molecule has 2 aliphatic heterocycles. The molecule has 2 saturated heterocycles. The maximum Gasteiger partial charge on any atom is 0.254 e. The summed E-state index contributed by atoms with van der Waals surface area (Å²) in [6, 6.07) is 15.7. The zero-order valence-electron chi connectivity index (χ0n) is 19.3. The van der Waals surface area contributed by atoms with E-state index in [1.165, 1.54) is 30.7 Å². The predicted molar refractivity (Wildman–Crippen MR) is 128 cm³/mol. The molecule has 2 aliphatic rings. The van der Waals surface area contributed by atoms with Gasteiger partial charge in [0, 0.05) is 37.4 Å². The topological polar surface area (TPSA) is 58.8 Å². The maximum absolute atomic E-state index is 13.6. The van der Waals surface area contributed by atoms with Gasteiger partial charge in [-0.25, -0.2) is 4.39 Å². The Kier molecular flexibility index (Phi) is 6.90. The van der Waals surface area contributed by atoms with E-state index < -0.39 is 0 Å². The SMILES string of the molecule is O=C(c1ccc(F)cc1)N(Cc1c(-c2ccccc2)noc1N1CCCCC1)C[C@@H]1CCCO1. The Balaban J connectivity index is 1.51. The number of nitrogens with zero attached hydrogens (tertiary/aromatic N) is 3. The molecule has 3 aromatic rings. The first kappa shape index (κ1) is 22.6. The smallest absolute Gasteiger partial charge is 0.254 e. The van der Waals surface area contributed by atoms with Crippen LogP contribution in [0.5, 0.6) is 0 Å². The number of aromatic nitrogens is 1. The molecule has 178 valence electrons. The van der Waals surface area contributed by atoms with Crippen molar-refractivity contribution in [3.05, 3.63) is 71.5 Å². The molecule has 2 aromatic carbocycles. The molecule has 1 aromatic heterocycles. The van der Waals surface area contributed by atoms with E-state index in [2.05, 4.69) is 10.1 Å². The van der Waals surface area contributed by atoms with Crippen molar-refractivity contribution >= 4 is 11.8 Å². The fourth-order valence-electron chi connectivity index (χ4n) is 4.83. The highest BCUT2D eigenvalue weighted by Crippen LogP contribution is 2.34. The molecule has 1 amide bonds. The molecule has 0 N–H and O–H groups in total. The van der Waals surface area contributed by atoms with Crippen molar-refractivity contribution in [2.24, 2.45) is 0 Å². The quantitative estimate of drug-likeness (QED) is 0.476. The Morgan fingerprint density at radius 1 is 1.03 bits per heavy atom. The van der Waals surface area contributed by atoms with E-state index >= 15 is 0 Å². The van der Waals surface area contributed by atoms with Gasteiger partial charge in [0.25, 0.3) is 5.91 Å². The molecule has 0 bridgehead atoms. The molecule has 6 nitrogen and oxygen atoms in total. The van der Waals surface area contributed by atoms with E-state index in [-0.39, 0.29) is 17.8 Å². The second-order valence-corrected chi connectivity index (χ2v) is 9.06. The minimum Gasteiger partial charge on any atom is -0.376 e. The van der Waals surface area contributed by atoms with Crippen LogP contribution in [-0.2, 0) is 11.3 Å². The highest BCUT2D eigenvalue weighted by atomic mass is 19.1. The van der Waals surface area contributed by atoms with Crippen molar-refractivity contribution in [3.63, 3.8) is 0 Å². The summed E-state index contributed by atoms with van der Waals surface area (Å²) in [6.45, 7) is 3.34. The minimum absolute atomic E-state index is 0.0112. The Hall–Kier alpha value is -3.19. The van der Waals surface area contributed by atoms with Gasteiger partial charge in [0.15, 0.2) is 0 Å². The van der Waals surface area contributed by atoms with Crippen LogP contribution >= 0.6 is 0 Å². The van der Waals surface area contributed by atoms with Crippen LogP contribution in [0.1, 0.15) is 48.0 Å². The highest BCUT2D eigenvalue weighted by molar-refractivity contribution is 5.94. The van der Waals surface area contributed by atoms with Crippen LogP contribution in [0.4, 0.5) is 10.3 Å². The molecule has 3 heterocycles. The Morgan fingerprint density at radius 3 is 2.50 bits per heavy atom. The molecule has 2 fully saturated rings. The van der Waals surface area contributed by atoms with E-state index in [0.717, 1.165) is 61.5 Å². The number of amides is 1. The second kappa shape index (κ2) is 10.4. The number of hydrogen-bond donors (Lipinski definition) is 0. The van der Waals surface area contributed by atoms with Gasteiger partial charge in [-0.05, 0) is 56.4 Å². The van der Waals surface area contributed by atoms with Crippen molar-refractivity contribution in [1.29, 1.82) is 0 Å². The van der Waals surface area contributed by atoms with Gasteiger partial charge in [0.1, 0.15) is 11.5 Å². The zero-order valence-corrected chi connectivity index (χ0v) is 19.3. The summed E-state index contributed by atoms with van der Waals surface area (Å²) in [5, 5.41) is 4.45. The Morgan fingerprint density at radius 2 is 1.79 bits per heavy atom. The summed E-state index contributed by atoms with van der Waals surface area (Å²) in [4.78, 5) is 17.6. The highest BCUT2D eigenvalue weighted by Gasteiger charge is 2.29.